The number of methoxy groups -OCH3 is 1. The second-order valence-electron chi connectivity index (χ2n) is 6.43. The Bertz CT molecular complexity index is 871. The van der Waals surface area contributed by atoms with E-state index in [-0.39, 0.29) is 25.2 Å². The fourth-order valence-corrected chi connectivity index (χ4v) is 2.69. The van der Waals surface area contributed by atoms with E-state index in [1.807, 2.05) is 0 Å². The number of hydrogen-bond acceptors (Lipinski definition) is 6. The molecule has 0 aromatic heterocycles. The fourth-order valence-electron chi connectivity index (χ4n) is 2.69. The van der Waals surface area contributed by atoms with E-state index in [9.17, 15) is 9.59 Å². The van der Waals surface area contributed by atoms with Gasteiger partial charge in [0, 0.05) is 23.5 Å². The molecule has 0 bridgehead atoms. The molecule has 2 N–H and O–H groups in total. The van der Waals surface area contributed by atoms with E-state index >= 15 is 0 Å². The third kappa shape index (κ3) is 4.72. The molecular formula is C20H23N3O5. The van der Waals surface area contributed by atoms with Crippen molar-refractivity contribution in [3.05, 3.63) is 42.5 Å². The largest absolute Gasteiger partial charge is 0.497 e. The van der Waals surface area contributed by atoms with Gasteiger partial charge in [-0.15, -0.1) is 0 Å². The van der Waals surface area contributed by atoms with Crippen LogP contribution in [0.25, 0.3) is 0 Å². The minimum absolute atomic E-state index is 0.0624. The van der Waals surface area contributed by atoms with Crippen molar-refractivity contribution in [2.45, 2.75) is 13.0 Å². The van der Waals surface area contributed by atoms with Crippen LogP contribution in [-0.4, -0.2) is 50.3 Å². The highest BCUT2D eigenvalue weighted by Crippen LogP contribution is 2.34. The van der Waals surface area contributed by atoms with Gasteiger partial charge >= 0.3 is 0 Å². The van der Waals surface area contributed by atoms with Crippen LogP contribution in [-0.2, 0) is 9.59 Å². The van der Waals surface area contributed by atoms with Gasteiger partial charge in [0.15, 0.2) is 11.5 Å². The zero-order chi connectivity index (χ0) is 20.1. The zero-order valence-corrected chi connectivity index (χ0v) is 16.0. The fraction of sp³-hybridized carbons (Fsp3) is 0.300. The van der Waals surface area contributed by atoms with Crippen molar-refractivity contribution in [1.82, 2.24) is 4.90 Å². The van der Waals surface area contributed by atoms with Crippen molar-refractivity contribution in [2.75, 3.05) is 38.1 Å². The molecule has 2 aromatic carbocycles. The van der Waals surface area contributed by atoms with E-state index in [4.69, 9.17) is 14.2 Å². The Balaban J connectivity index is 1.53. The van der Waals surface area contributed by atoms with E-state index in [1.54, 1.807) is 68.4 Å². The maximum Gasteiger partial charge on any atom is 0.241 e. The van der Waals surface area contributed by atoms with Crippen molar-refractivity contribution in [2.24, 2.45) is 0 Å². The molecule has 0 spiro atoms. The first-order valence-electron chi connectivity index (χ1n) is 8.81. The van der Waals surface area contributed by atoms with Gasteiger partial charge in [0.05, 0.1) is 19.7 Å². The lowest BCUT2D eigenvalue weighted by Gasteiger charge is -2.23. The Labute approximate surface area is 163 Å². The molecular weight excluding hydrogens is 362 g/mol. The van der Waals surface area contributed by atoms with E-state index < -0.39 is 6.04 Å². The average Bonchev–Trinajstić information content (AvgIpc) is 3.15. The van der Waals surface area contributed by atoms with Crippen molar-refractivity contribution in [1.29, 1.82) is 0 Å². The molecule has 0 radical (unpaired) electrons. The van der Waals surface area contributed by atoms with Crippen LogP contribution in [0.3, 0.4) is 0 Å². The molecule has 0 saturated carbocycles. The highest BCUT2D eigenvalue weighted by molar-refractivity contribution is 5.96. The SMILES string of the molecule is COc1cccc(NC(=O)CN(C)[C@H](C)C(=O)Nc2ccc3c(c2)OCO3)c1. The number of carbonyl (C=O) groups excluding carboxylic acids is 2. The molecule has 28 heavy (non-hydrogen) atoms. The number of ether oxygens (including phenoxy) is 3. The molecule has 148 valence electrons. The first-order valence-corrected chi connectivity index (χ1v) is 8.81. The van der Waals surface area contributed by atoms with Gasteiger partial charge in [-0.2, -0.15) is 0 Å². The van der Waals surface area contributed by atoms with Crippen molar-refractivity contribution < 1.29 is 23.8 Å². The van der Waals surface area contributed by atoms with Gasteiger partial charge in [-0.3, -0.25) is 14.5 Å². The van der Waals surface area contributed by atoms with E-state index in [1.165, 1.54) is 0 Å². The molecule has 2 aromatic rings. The van der Waals surface area contributed by atoms with Gasteiger partial charge in [0.25, 0.3) is 0 Å². The minimum atomic E-state index is -0.513. The Morgan fingerprint density at radius 3 is 2.64 bits per heavy atom. The number of carbonyl (C=O) groups is 2. The van der Waals surface area contributed by atoms with Crippen LogP contribution in [0, 0.1) is 0 Å². The second kappa shape index (κ2) is 8.62. The monoisotopic (exact) mass is 385 g/mol. The summed E-state index contributed by atoms with van der Waals surface area (Å²) in [4.78, 5) is 26.4. The standard InChI is InChI=1S/C20H23N3O5/c1-13(20(25)22-15-7-8-17-18(10-15)28-12-27-17)23(2)11-19(24)21-14-5-4-6-16(9-14)26-3/h4-10,13H,11-12H2,1-3H3,(H,21,24)(H,22,25)/t13-/m1/s1. The zero-order valence-electron chi connectivity index (χ0n) is 16.0. The summed E-state index contributed by atoms with van der Waals surface area (Å²) in [6.07, 6.45) is 0. The lowest BCUT2D eigenvalue weighted by atomic mass is 10.2. The number of hydrogen-bond donors (Lipinski definition) is 2. The predicted molar refractivity (Wildman–Crippen MR) is 105 cm³/mol. The summed E-state index contributed by atoms with van der Waals surface area (Å²) < 4.78 is 15.7. The lowest BCUT2D eigenvalue weighted by molar-refractivity contribution is -0.122. The molecule has 0 saturated heterocycles. The molecule has 0 aliphatic carbocycles. The third-order valence-electron chi connectivity index (χ3n) is 4.43. The van der Waals surface area contributed by atoms with Gasteiger partial charge in [-0.25, -0.2) is 0 Å². The average molecular weight is 385 g/mol. The van der Waals surface area contributed by atoms with Crippen molar-refractivity contribution >= 4 is 23.2 Å². The summed E-state index contributed by atoms with van der Waals surface area (Å²) in [6.45, 7) is 1.97. The van der Waals surface area contributed by atoms with Crippen LogP contribution in [0.4, 0.5) is 11.4 Å². The summed E-state index contributed by atoms with van der Waals surface area (Å²) in [5, 5.41) is 5.62. The van der Waals surface area contributed by atoms with Crippen LogP contribution >= 0.6 is 0 Å². The summed E-state index contributed by atoms with van der Waals surface area (Å²) in [7, 11) is 3.28. The summed E-state index contributed by atoms with van der Waals surface area (Å²) in [6, 6.07) is 11.8. The third-order valence-corrected chi connectivity index (χ3v) is 4.43. The number of benzene rings is 2. The van der Waals surface area contributed by atoms with E-state index in [2.05, 4.69) is 10.6 Å². The maximum absolute atomic E-state index is 12.5. The van der Waals surface area contributed by atoms with Crippen LogP contribution in [0.15, 0.2) is 42.5 Å². The highest BCUT2D eigenvalue weighted by Gasteiger charge is 2.21. The second-order valence-corrected chi connectivity index (χ2v) is 6.43. The van der Waals surface area contributed by atoms with Gasteiger partial charge in [0.2, 0.25) is 18.6 Å². The maximum atomic E-state index is 12.5. The first-order chi connectivity index (χ1) is 13.5. The minimum Gasteiger partial charge on any atom is -0.497 e. The number of anilines is 2. The van der Waals surface area contributed by atoms with E-state index in [0.717, 1.165) is 0 Å². The van der Waals surface area contributed by atoms with Crippen LogP contribution in [0.2, 0.25) is 0 Å². The first kappa shape index (κ1) is 19.5. The Morgan fingerprint density at radius 2 is 1.86 bits per heavy atom. The van der Waals surface area contributed by atoms with Gasteiger partial charge in [-0.1, -0.05) is 6.07 Å². The normalized spacial score (nSPS) is 13.1. The molecule has 2 amide bonds. The number of nitrogens with zero attached hydrogens (tertiary/aromatic N) is 1. The Morgan fingerprint density at radius 1 is 1.11 bits per heavy atom. The van der Waals surface area contributed by atoms with Gasteiger partial charge in [-0.05, 0) is 38.2 Å². The van der Waals surface area contributed by atoms with Crippen LogP contribution in [0.5, 0.6) is 17.2 Å². The van der Waals surface area contributed by atoms with Crippen LogP contribution < -0.4 is 24.8 Å². The molecule has 1 heterocycles. The molecule has 8 heteroatoms. The molecule has 1 atom stereocenters. The lowest BCUT2D eigenvalue weighted by Crippen LogP contribution is -2.43. The van der Waals surface area contributed by atoms with Crippen LogP contribution in [0.1, 0.15) is 6.92 Å². The van der Waals surface area contributed by atoms with Crippen molar-refractivity contribution in [3.8, 4) is 17.2 Å². The molecule has 8 nitrogen and oxygen atoms in total. The topological polar surface area (TPSA) is 89.1 Å². The Kier molecular flexibility index (Phi) is 6.00. The molecule has 1 aliphatic heterocycles. The van der Waals surface area contributed by atoms with Gasteiger partial charge in [0.1, 0.15) is 5.75 Å². The summed E-state index contributed by atoms with van der Waals surface area (Å²) in [5.41, 5.74) is 1.24. The smallest absolute Gasteiger partial charge is 0.241 e. The number of likely N-dealkylation sites (N-methyl/N-ethyl adjacent to an activating group) is 1. The van der Waals surface area contributed by atoms with E-state index in [0.29, 0.717) is 28.6 Å². The summed E-state index contributed by atoms with van der Waals surface area (Å²) in [5.74, 6) is 1.45. The summed E-state index contributed by atoms with van der Waals surface area (Å²) >= 11 is 0. The molecule has 3 rings (SSSR count). The molecule has 0 unspecified atom stereocenters. The number of rotatable bonds is 7. The Hall–Kier alpha value is -3.26. The number of nitrogens with one attached hydrogen (secondary N) is 2. The number of fused-ring (bicyclic) bond motifs is 1. The number of amides is 2. The molecule has 0 fully saturated rings. The molecule has 1 aliphatic rings. The quantitative estimate of drug-likeness (QED) is 0.760. The van der Waals surface area contributed by atoms with Gasteiger partial charge < -0.3 is 24.8 Å². The predicted octanol–water partition coefficient (Wildman–Crippen LogP) is 2.32. The highest BCUT2D eigenvalue weighted by atomic mass is 16.7. The van der Waals surface area contributed by atoms with Crippen molar-refractivity contribution in [3.63, 3.8) is 0 Å².